The number of rotatable bonds is 2. The van der Waals surface area contributed by atoms with Crippen LogP contribution < -0.4 is 10.6 Å². The van der Waals surface area contributed by atoms with Gasteiger partial charge in [0.15, 0.2) is 5.82 Å². The first-order chi connectivity index (χ1) is 6.77. The quantitative estimate of drug-likeness (QED) is 0.748. The Bertz CT molecular complexity index is 313. The molecule has 2 atom stereocenters. The van der Waals surface area contributed by atoms with Gasteiger partial charge >= 0.3 is 0 Å². The second-order valence-electron chi connectivity index (χ2n) is 3.48. The number of carbonyl (C=O) groups is 1. The second-order valence-corrected chi connectivity index (χ2v) is 4.09. The SMILES string of the molecule is CC1CCNC1C(=O)Nc1csnn1. The molecule has 0 aliphatic carbocycles. The number of hydrogen-bond donors (Lipinski definition) is 2. The van der Waals surface area contributed by atoms with Gasteiger partial charge in [-0.25, -0.2) is 0 Å². The van der Waals surface area contributed by atoms with E-state index in [1.165, 1.54) is 11.5 Å². The van der Waals surface area contributed by atoms with E-state index in [1.807, 2.05) is 0 Å². The summed E-state index contributed by atoms with van der Waals surface area (Å²) in [5.74, 6) is 0.921. The average molecular weight is 212 g/mol. The highest BCUT2D eigenvalue weighted by atomic mass is 32.1. The van der Waals surface area contributed by atoms with E-state index in [2.05, 4.69) is 27.1 Å². The number of aromatic nitrogens is 2. The third-order valence-corrected chi connectivity index (χ3v) is 2.93. The van der Waals surface area contributed by atoms with E-state index in [9.17, 15) is 4.79 Å². The zero-order valence-electron chi connectivity index (χ0n) is 7.86. The molecule has 1 fully saturated rings. The lowest BCUT2D eigenvalue weighted by atomic mass is 10.0. The highest BCUT2D eigenvalue weighted by molar-refractivity contribution is 7.03. The molecule has 2 rings (SSSR count). The minimum atomic E-state index is -0.0864. The van der Waals surface area contributed by atoms with Gasteiger partial charge in [-0.3, -0.25) is 4.79 Å². The van der Waals surface area contributed by atoms with E-state index in [1.54, 1.807) is 5.38 Å². The summed E-state index contributed by atoms with van der Waals surface area (Å²) in [5, 5.41) is 11.4. The van der Waals surface area contributed by atoms with E-state index in [4.69, 9.17) is 0 Å². The Labute approximate surface area is 86.1 Å². The van der Waals surface area contributed by atoms with Gasteiger partial charge in [0.25, 0.3) is 0 Å². The Balaban J connectivity index is 1.95. The topological polar surface area (TPSA) is 66.9 Å². The molecule has 0 saturated carbocycles. The summed E-state index contributed by atoms with van der Waals surface area (Å²) >= 11 is 1.23. The largest absolute Gasteiger partial charge is 0.307 e. The van der Waals surface area contributed by atoms with Crippen LogP contribution in [0.1, 0.15) is 13.3 Å². The smallest absolute Gasteiger partial charge is 0.243 e. The lowest BCUT2D eigenvalue weighted by Crippen LogP contribution is -2.39. The molecule has 2 heterocycles. The van der Waals surface area contributed by atoms with E-state index in [-0.39, 0.29) is 11.9 Å². The molecule has 1 aromatic rings. The van der Waals surface area contributed by atoms with Gasteiger partial charge in [-0.1, -0.05) is 11.4 Å². The third-order valence-electron chi connectivity index (χ3n) is 2.43. The van der Waals surface area contributed by atoms with E-state index in [0.29, 0.717) is 11.7 Å². The van der Waals surface area contributed by atoms with Crippen molar-refractivity contribution in [2.24, 2.45) is 5.92 Å². The standard InChI is InChI=1S/C8H12N4OS/c1-5-2-3-9-7(5)8(13)10-6-4-14-12-11-6/h4-5,7,9H,2-3H2,1H3,(H,10,13). The van der Waals surface area contributed by atoms with Crippen molar-refractivity contribution in [1.29, 1.82) is 0 Å². The molecule has 6 heteroatoms. The molecule has 0 aromatic carbocycles. The van der Waals surface area contributed by atoms with Crippen LogP contribution in [0, 0.1) is 5.92 Å². The van der Waals surface area contributed by atoms with Crippen LogP contribution in [0.2, 0.25) is 0 Å². The summed E-state index contributed by atoms with van der Waals surface area (Å²) in [6, 6.07) is -0.0864. The highest BCUT2D eigenvalue weighted by Crippen LogP contribution is 2.16. The van der Waals surface area contributed by atoms with Crippen molar-refractivity contribution < 1.29 is 4.79 Å². The normalized spacial score (nSPS) is 26.4. The second kappa shape index (κ2) is 4.02. The fourth-order valence-corrected chi connectivity index (χ4v) is 2.00. The molecule has 2 unspecified atom stereocenters. The highest BCUT2D eigenvalue weighted by Gasteiger charge is 2.29. The first kappa shape index (κ1) is 9.54. The van der Waals surface area contributed by atoms with E-state index in [0.717, 1.165) is 13.0 Å². The zero-order chi connectivity index (χ0) is 9.97. The Morgan fingerprint density at radius 2 is 2.64 bits per heavy atom. The van der Waals surface area contributed by atoms with Crippen LogP contribution in [-0.4, -0.2) is 28.1 Å². The van der Waals surface area contributed by atoms with Gasteiger partial charge < -0.3 is 10.6 Å². The van der Waals surface area contributed by atoms with Crippen LogP contribution in [0.25, 0.3) is 0 Å². The van der Waals surface area contributed by atoms with Crippen molar-refractivity contribution in [3.05, 3.63) is 5.38 Å². The van der Waals surface area contributed by atoms with Gasteiger partial charge in [-0.2, -0.15) is 0 Å². The van der Waals surface area contributed by atoms with Crippen molar-refractivity contribution in [1.82, 2.24) is 14.9 Å². The minimum absolute atomic E-state index is 0.0114. The summed E-state index contributed by atoms with van der Waals surface area (Å²) in [5.41, 5.74) is 0. The predicted molar refractivity (Wildman–Crippen MR) is 54.1 cm³/mol. The summed E-state index contributed by atoms with van der Waals surface area (Å²) in [6.45, 7) is 2.98. The van der Waals surface area contributed by atoms with Crippen LogP contribution in [0.3, 0.4) is 0 Å². The molecule has 1 amide bonds. The maximum Gasteiger partial charge on any atom is 0.243 e. The first-order valence-electron chi connectivity index (χ1n) is 4.58. The van der Waals surface area contributed by atoms with Gasteiger partial charge in [0.1, 0.15) is 0 Å². The first-order valence-corrected chi connectivity index (χ1v) is 5.42. The van der Waals surface area contributed by atoms with Crippen LogP contribution in [-0.2, 0) is 4.79 Å². The fourth-order valence-electron chi connectivity index (χ4n) is 1.61. The Morgan fingerprint density at radius 1 is 1.79 bits per heavy atom. The molecule has 1 saturated heterocycles. The van der Waals surface area contributed by atoms with Crippen molar-refractivity contribution >= 4 is 23.3 Å². The molecule has 0 bridgehead atoms. The van der Waals surface area contributed by atoms with Crippen LogP contribution >= 0.6 is 11.5 Å². The van der Waals surface area contributed by atoms with Crippen molar-refractivity contribution in [3.8, 4) is 0 Å². The molecular weight excluding hydrogens is 200 g/mol. The van der Waals surface area contributed by atoms with E-state index >= 15 is 0 Å². The van der Waals surface area contributed by atoms with Gasteiger partial charge in [0.2, 0.25) is 5.91 Å². The Morgan fingerprint density at radius 3 is 3.21 bits per heavy atom. The Kier molecular flexibility index (Phi) is 2.74. The minimum Gasteiger partial charge on any atom is -0.307 e. The third kappa shape index (κ3) is 1.91. The van der Waals surface area contributed by atoms with Crippen molar-refractivity contribution in [3.63, 3.8) is 0 Å². The number of nitrogens with zero attached hydrogens (tertiary/aromatic N) is 2. The van der Waals surface area contributed by atoms with Gasteiger partial charge in [-0.15, -0.1) is 5.10 Å². The monoisotopic (exact) mass is 212 g/mol. The van der Waals surface area contributed by atoms with E-state index < -0.39 is 0 Å². The number of amides is 1. The molecule has 1 aromatic heterocycles. The van der Waals surface area contributed by atoms with Gasteiger partial charge in [0, 0.05) is 0 Å². The summed E-state index contributed by atoms with van der Waals surface area (Å²) < 4.78 is 3.68. The van der Waals surface area contributed by atoms with Crippen molar-refractivity contribution in [2.45, 2.75) is 19.4 Å². The maximum absolute atomic E-state index is 11.7. The summed E-state index contributed by atoms with van der Waals surface area (Å²) in [4.78, 5) is 11.7. The van der Waals surface area contributed by atoms with Gasteiger partial charge in [-0.05, 0) is 30.4 Å². The summed E-state index contributed by atoms with van der Waals surface area (Å²) in [6.07, 6.45) is 1.05. The lowest BCUT2D eigenvalue weighted by Gasteiger charge is -2.13. The van der Waals surface area contributed by atoms with Gasteiger partial charge in [0.05, 0.1) is 11.4 Å². The molecule has 0 radical (unpaired) electrons. The number of nitrogens with one attached hydrogen (secondary N) is 2. The molecule has 0 spiro atoms. The molecule has 2 N–H and O–H groups in total. The Hall–Kier alpha value is -1.01. The number of hydrogen-bond acceptors (Lipinski definition) is 5. The average Bonchev–Trinajstić information content (AvgIpc) is 2.75. The zero-order valence-corrected chi connectivity index (χ0v) is 8.67. The molecular formula is C8H12N4OS. The number of carbonyl (C=O) groups excluding carboxylic acids is 1. The van der Waals surface area contributed by atoms with Crippen LogP contribution in [0.5, 0.6) is 0 Å². The molecule has 76 valence electrons. The molecule has 5 nitrogen and oxygen atoms in total. The molecule has 14 heavy (non-hydrogen) atoms. The maximum atomic E-state index is 11.7. The van der Waals surface area contributed by atoms with Crippen LogP contribution in [0.15, 0.2) is 5.38 Å². The van der Waals surface area contributed by atoms with Crippen LogP contribution in [0.4, 0.5) is 5.82 Å². The number of anilines is 1. The summed E-state index contributed by atoms with van der Waals surface area (Å²) in [7, 11) is 0. The van der Waals surface area contributed by atoms with Crippen molar-refractivity contribution in [2.75, 3.05) is 11.9 Å². The predicted octanol–water partition coefficient (Wildman–Crippen LogP) is 0.475. The fraction of sp³-hybridized carbons (Fsp3) is 0.625. The molecule has 1 aliphatic rings. The lowest BCUT2D eigenvalue weighted by molar-refractivity contribution is -0.118. The molecule has 1 aliphatic heterocycles.